The fraction of sp³-hybridized carbons (Fsp3) is 0.450. The molecule has 0 spiro atoms. The maximum absolute atomic E-state index is 12.5. The number of nitrogens with one attached hydrogen (secondary N) is 2. The van der Waals surface area contributed by atoms with E-state index in [9.17, 15) is 18.0 Å². The highest BCUT2D eigenvalue weighted by atomic mass is 32.2. The average Bonchev–Trinajstić information content (AvgIpc) is 3.05. The molecule has 2 aromatic rings. The summed E-state index contributed by atoms with van der Waals surface area (Å²) in [7, 11) is -3.94. The van der Waals surface area contributed by atoms with E-state index in [1.54, 1.807) is 4.90 Å². The van der Waals surface area contributed by atoms with Gasteiger partial charge in [-0.3, -0.25) is 9.59 Å². The molecule has 9 nitrogen and oxygen atoms in total. The molecule has 10 heteroatoms. The van der Waals surface area contributed by atoms with Crippen molar-refractivity contribution in [3.8, 4) is 0 Å². The summed E-state index contributed by atoms with van der Waals surface area (Å²) in [6, 6.07) is 6.42. The lowest BCUT2D eigenvalue weighted by Crippen LogP contribution is -2.44. The van der Waals surface area contributed by atoms with Crippen LogP contribution in [0.1, 0.15) is 43.2 Å². The fourth-order valence-electron chi connectivity index (χ4n) is 3.46. The molecule has 30 heavy (non-hydrogen) atoms. The maximum atomic E-state index is 12.5. The van der Waals surface area contributed by atoms with Crippen molar-refractivity contribution >= 4 is 27.5 Å². The lowest BCUT2D eigenvalue weighted by Gasteiger charge is -2.27. The number of rotatable bonds is 7. The van der Waals surface area contributed by atoms with Gasteiger partial charge >= 0.3 is 0 Å². The maximum Gasteiger partial charge on any atom is 0.246 e. The topological polar surface area (TPSA) is 122 Å². The number of carbonyl (C=O) groups is 2. The summed E-state index contributed by atoms with van der Waals surface area (Å²) in [5, 5.41) is 6.37. The third-order valence-corrected chi connectivity index (χ3v) is 6.76. The number of aromatic nitrogens is 1. The van der Waals surface area contributed by atoms with Crippen LogP contribution in [0.25, 0.3) is 0 Å². The Morgan fingerprint density at radius 3 is 2.73 bits per heavy atom. The highest BCUT2D eigenvalue weighted by Crippen LogP contribution is 2.22. The Morgan fingerprint density at radius 2 is 2.07 bits per heavy atom. The first-order chi connectivity index (χ1) is 14.2. The van der Waals surface area contributed by atoms with E-state index < -0.39 is 22.0 Å². The second-order valence-electron chi connectivity index (χ2n) is 7.39. The van der Waals surface area contributed by atoms with Crippen molar-refractivity contribution in [3.05, 3.63) is 41.3 Å². The molecule has 0 radical (unpaired) electrons. The number of carbonyl (C=O) groups excluding carboxylic acids is 2. The molecule has 162 valence electrons. The van der Waals surface area contributed by atoms with Crippen molar-refractivity contribution < 1.29 is 22.5 Å². The van der Waals surface area contributed by atoms with Gasteiger partial charge in [0.2, 0.25) is 21.8 Å². The van der Waals surface area contributed by atoms with Gasteiger partial charge in [0.1, 0.15) is 10.6 Å². The van der Waals surface area contributed by atoms with Gasteiger partial charge in [-0.25, -0.2) is 8.42 Å². The van der Waals surface area contributed by atoms with Crippen LogP contribution in [-0.2, 0) is 26.2 Å². The Kier molecular flexibility index (Phi) is 6.57. The molecule has 3 rings (SSSR count). The van der Waals surface area contributed by atoms with E-state index in [0.29, 0.717) is 13.0 Å². The van der Waals surface area contributed by atoms with Crippen molar-refractivity contribution in [1.82, 2.24) is 15.2 Å². The van der Waals surface area contributed by atoms with Crippen LogP contribution < -0.4 is 14.9 Å². The van der Waals surface area contributed by atoms with Crippen molar-refractivity contribution in [2.24, 2.45) is 0 Å². The summed E-state index contributed by atoms with van der Waals surface area (Å²) in [5.41, 5.74) is 1.86. The zero-order valence-electron chi connectivity index (χ0n) is 17.3. The first-order valence-corrected chi connectivity index (χ1v) is 11.3. The highest BCUT2D eigenvalue weighted by molar-refractivity contribution is 7.89. The zero-order chi connectivity index (χ0) is 21.9. The fourth-order valence-corrected chi connectivity index (χ4v) is 4.99. The molecule has 1 aliphatic heterocycles. The molecule has 2 heterocycles. The number of aryl methyl sites for hydroxylation is 2. The zero-order valence-corrected chi connectivity index (χ0v) is 18.1. The Bertz CT molecular complexity index is 1030. The number of hydrogen-bond donors (Lipinski definition) is 2. The molecule has 1 atom stereocenters. The van der Waals surface area contributed by atoms with E-state index in [1.807, 2.05) is 24.3 Å². The second-order valence-corrected chi connectivity index (χ2v) is 9.04. The first kappa shape index (κ1) is 22.0. The Hall–Kier alpha value is -2.72. The first-order valence-electron chi connectivity index (χ1n) is 9.81. The van der Waals surface area contributed by atoms with Gasteiger partial charge in [-0.2, -0.15) is 4.72 Å². The predicted molar refractivity (Wildman–Crippen MR) is 110 cm³/mol. The number of amides is 2. The quantitative estimate of drug-likeness (QED) is 0.685. The molecule has 1 fully saturated rings. The van der Waals surface area contributed by atoms with Crippen molar-refractivity contribution in [2.45, 2.75) is 57.5 Å². The van der Waals surface area contributed by atoms with Gasteiger partial charge < -0.3 is 14.7 Å². The van der Waals surface area contributed by atoms with Crippen LogP contribution in [-0.4, -0.2) is 38.0 Å². The monoisotopic (exact) mass is 434 g/mol. The largest absolute Gasteiger partial charge is 0.360 e. The third-order valence-electron chi connectivity index (χ3n) is 4.97. The molecule has 0 bridgehead atoms. The van der Waals surface area contributed by atoms with Gasteiger partial charge in [0.15, 0.2) is 5.76 Å². The minimum atomic E-state index is -3.94. The predicted octanol–water partition coefficient (Wildman–Crippen LogP) is 1.79. The van der Waals surface area contributed by atoms with E-state index >= 15 is 0 Å². The Morgan fingerprint density at radius 1 is 1.30 bits per heavy atom. The normalized spacial score (nSPS) is 15.8. The van der Waals surface area contributed by atoms with Crippen LogP contribution in [0.5, 0.6) is 0 Å². The summed E-state index contributed by atoms with van der Waals surface area (Å²) >= 11 is 0. The summed E-state index contributed by atoms with van der Waals surface area (Å²) in [6.07, 6.45) is 2.42. The van der Waals surface area contributed by atoms with Crippen LogP contribution in [0.4, 0.5) is 5.69 Å². The van der Waals surface area contributed by atoms with Gasteiger partial charge in [-0.1, -0.05) is 17.3 Å². The van der Waals surface area contributed by atoms with E-state index in [2.05, 4.69) is 15.2 Å². The number of piperidine rings is 1. The summed E-state index contributed by atoms with van der Waals surface area (Å²) in [5.74, 6) is -0.203. The summed E-state index contributed by atoms with van der Waals surface area (Å²) in [4.78, 5) is 26.3. The summed E-state index contributed by atoms with van der Waals surface area (Å²) < 4.78 is 32.3. The van der Waals surface area contributed by atoms with Crippen LogP contribution in [0.2, 0.25) is 0 Å². The van der Waals surface area contributed by atoms with E-state index in [4.69, 9.17) is 4.52 Å². The second kappa shape index (κ2) is 8.97. The van der Waals surface area contributed by atoms with Crippen LogP contribution >= 0.6 is 0 Å². The Balaban J connectivity index is 1.61. The van der Waals surface area contributed by atoms with Gasteiger partial charge in [-0.15, -0.1) is 0 Å². The molecule has 0 aliphatic carbocycles. The van der Waals surface area contributed by atoms with Crippen molar-refractivity contribution in [3.63, 3.8) is 0 Å². The molecule has 0 saturated carbocycles. The Labute approximate surface area is 175 Å². The van der Waals surface area contributed by atoms with Crippen molar-refractivity contribution in [2.75, 3.05) is 11.4 Å². The minimum Gasteiger partial charge on any atom is -0.360 e. The molecule has 1 saturated heterocycles. The number of nitrogens with zero attached hydrogens (tertiary/aromatic N) is 2. The third kappa shape index (κ3) is 4.88. The molecule has 2 N–H and O–H groups in total. The lowest BCUT2D eigenvalue weighted by atomic mass is 10.1. The number of sulfonamides is 1. The molecule has 0 unspecified atom stereocenters. The SMILES string of the molecule is Cc1noc(C)c1S(=O)(=O)N[C@@H](C)C(=O)NCc1cccc(N2CCCCC2=O)c1. The van der Waals surface area contributed by atoms with E-state index in [-0.39, 0.29) is 28.8 Å². The molecule has 1 aromatic heterocycles. The molecule has 1 aliphatic rings. The standard InChI is InChI=1S/C20H26N4O5S/c1-13-19(15(3)29-22-13)30(27,28)23-14(2)20(26)21-12-16-7-6-8-17(11-16)24-10-5-4-9-18(24)25/h6-8,11,14,23H,4-5,9-10,12H2,1-3H3,(H,21,26)/t14-/m0/s1. The number of benzene rings is 1. The van der Waals surface area contributed by atoms with Gasteiger partial charge in [0.05, 0.1) is 6.04 Å². The van der Waals surface area contributed by atoms with Crippen LogP contribution in [0.15, 0.2) is 33.7 Å². The van der Waals surface area contributed by atoms with Crippen molar-refractivity contribution in [1.29, 1.82) is 0 Å². The average molecular weight is 435 g/mol. The van der Waals surface area contributed by atoms with E-state index in [0.717, 1.165) is 24.1 Å². The van der Waals surface area contributed by atoms with Crippen LogP contribution in [0, 0.1) is 13.8 Å². The summed E-state index contributed by atoms with van der Waals surface area (Å²) in [6.45, 7) is 5.39. The van der Waals surface area contributed by atoms with Crippen LogP contribution in [0.3, 0.4) is 0 Å². The van der Waals surface area contributed by atoms with E-state index in [1.165, 1.54) is 20.8 Å². The minimum absolute atomic E-state index is 0.0546. The molecule has 1 aromatic carbocycles. The molecule has 2 amide bonds. The highest BCUT2D eigenvalue weighted by Gasteiger charge is 2.28. The van der Waals surface area contributed by atoms with Gasteiger partial charge in [0, 0.05) is 25.2 Å². The molecular weight excluding hydrogens is 408 g/mol. The molecular formula is C20H26N4O5S. The van der Waals surface area contributed by atoms with Gasteiger partial charge in [-0.05, 0) is 51.3 Å². The van der Waals surface area contributed by atoms with Gasteiger partial charge in [0.25, 0.3) is 0 Å². The number of anilines is 1. The number of hydrogen-bond acceptors (Lipinski definition) is 6. The smallest absolute Gasteiger partial charge is 0.246 e. The lowest BCUT2D eigenvalue weighted by molar-refractivity contribution is -0.122.